The first-order valence-corrected chi connectivity index (χ1v) is 11.0. The molecule has 6 nitrogen and oxygen atoms in total. The van der Waals surface area contributed by atoms with Crippen molar-refractivity contribution in [2.24, 2.45) is 5.10 Å². The van der Waals surface area contributed by atoms with E-state index >= 15 is 0 Å². The minimum atomic E-state index is -4.04. The number of rotatable bonds is 7. The normalized spacial score (nSPS) is 11.5. The Labute approximate surface area is 185 Å². The van der Waals surface area contributed by atoms with Crippen LogP contribution >= 0.6 is 11.6 Å². The Hall–Kier alpha value is -3.23. The molecule has 9 heteroatoms. The van der Waals surface area contributed by atoms with Crippen LogP contribution in [0.4, 0.5) is 10.1 Å². The highest BCUT2D eigenvalue weighted by atomic mass is 35.5. The van der Waals surface area contributed by atoms with Crippen molar-refractivity contribution >= 4 is 39.4 Å². The summed E-state index contributed by atoms with van der Waals surface area (Å²) in [5, 5.41) is 4.14. The molecule has 160 valence electrons. The molecule has 3 aromatic rings. The van der Waals surface area contributed by atoms with Crippen LogP contribution in [0.25, 0.3) is 0 Å². The third kappa shape index (κ3) is 5.90. The van der Waals surface area contributed by atoms with Gasteiger partial charge in [0.05, 0.1) is 16.8 Å². The number of anilines is 1. The molecular weight excluding hydrogens is 441 g/mol. The van der Waals surface area contributed by atoms with Crippen LogP contribution in [0.2, 0.25) is 5.02 Å². The molecule has 3 rings (SSSR count). The molecule has 0 radical (unpaired) electrons. The van der Waals surface area contributed by atoms with Crippen molar-refractivity contribution < 1.29 is 17.6 Å². The minimum Gasteiger partial charge on any atom is -0.271 e. The molecule has 0 saturated carbocycles. The van der Waals surface area contributed by atoms with Gasteiger partial charge in [-0.25, -0.2) is 18.2 Å². The summed E-state index contributed by atoms with van der Waals surface area (Å²) >= 11 is 6.03. The van der Waals surface area contributed by atoms with Crippen molar-refractivity contribution in [1.82, 2.24) is 5.43 Å². The van der Waals surface area contributed by atoms with E-state index in [1.807, 2.05) is 6.92 Å². The maximum absolute atomic E-state index is 13.2. The van der Waals surface area contributed by atoms with Crippen LogP contribution in [0.3, 0.4) is 0 Å². The van der Waals surface area contributed by atoms with Crippen molar-refractivity contribution in [3.05, 3.63) is 94.8 Å². The summed E-state index contributed by atoms with van der Waals surface area (Å²) < 4.78 is 40.4. The molecule has 1 N–H and O–H groups in total. The number of hydrogen-bond donors (Lipinski definition) is 1. The first kappa shape index (κ1) is 22.5. The van der Waals surface area contributed by atoms with Gasteiger partial charge in [-0.15, -0.1) is 0 Å². The van der Waals surface area contributed by atoms with Crippen molar-refractivity contribution in [2.75, 3.05) is 10.8 Å². The van der Waals surface area contributed by atoms with E-state index in [1.54, 1.807) is 30.3 Å². The fourth-order valence-corrected chi connectivity index (χ4v) is 4.27. The molecule has 0 spiro atoms. The molecule has 0 atom stereocenters. The number of carbonyl (C=O) groups is 1. The summed E-state index contributed by atoms with van der Waals surface area (Å²) in [6.07, 6.45) is 1.33. The van der Waals surface area contributed by atoms with Crippen LogP contribution < -0.4 is 9.73 Å². The average Bonchev–Trinajstić information content (AvgIpc) is 2.73. The Bertz CT molecular complexity index is 1200. The highest BCUT2D eigenvalue weighted by Crippen LogP contribution is 2.26. The van der Waals surface area contributed by atoms with Gasteiger partial charge < -0.3 is 0 Å². The highest BCUT2D eigenvalue weighted by Gasteiger charge is 2.27. The predicted octanol–water partition coefficient (Wildman–Crippen LogP) is 4.13. The summed E-state index contributed by atoms with van der Waals surface area (Å²) in [6.45, 7) is 1.33. The third-order valence-corrected chi connectivity index (χ3v) is 6.29. The fourth-order valence-electron chi connectivity index (χ4n) is 2.68. The highest BCUT2D eigenvalue weighted by molar-refractivity contribution is 7.92. The van der Waals surface area contributed by atoms with Crippen molar-refractivity contribution in [3.8, 4) is 0 Å². The number of sulfonamides is 1. The van der Waals surface area contributed by atoms with Gasteiger partial charge in [-0.3, -0.25) is 9.10 Å². The van der Waals surface area contributed by atoms with E-state index in [9.17, 15) is 17.6 Å². The zero-order valence-electron chi connectivity index (χ0n) is 16.5. The first-order valence-electron chi connectivity index (χ1n) is 9.18. The van der Waals surface area contributed by atoms with E-state index < -0.39 is 22.5 Å². The van der Waals surface area contributed by atoms with Crippen molar-refractivity contribution in [3.63, 3.8) is 0 Å². The lowest BCUT2D eigenvalue weighted by atomic mass is 10.2. The molecular formula is C22H19ClFN3O3S. The smallest absolute Gasteiger partial charge is 0.264 e. The Morgan fingerprint density at radius 3 is 2.42 bits per heavy atom. The monoisotopic (exact) mass is 459 g/mol. The fraction of sp³-hybridized carbons (Fsp3) is 0.0909. The van der Waals surface area contributed by atoms with E-state index in [0.29, 0.717) is 10.6 Å². The maximum Gasteiger partial charge on any atom is 0.264 e. The van der Waals surface area contributed by atoms with Gasteiger partial charge in [0.1, 0.15) is 12.4 Å². The molecule has 31 heavy (non-hydrogen) atoms. The molecule has 3 aromatic carbocycles. The van der Waals surface area contributed by atoms with Gasteiger partial charge in [0, 0.05) is 5.02 Å². The lowest BCUT2D eigenvalue weighted by molar-refractivity contribution is -0.119. The summed E-state index contributed by atoms with van der Waals surface area (Å²) in [4.78, 5) is 12.5. The number of amides is 1. The SMILES string of the molecule is Cc1ccc(S(=O)(=O)N(CC(=O)N/N=C\c2ccc(F)cc2)c2cccc(Cl)c2)cc1. The molecule has 0 saturated heterocycles. The van der Waals surface area contributed by atoms with Gasteiger partial charge in [0.2, 0.25) is 0 Å². The quantitative estimate of drug-likeness (QED) is 0.426. The lowest BCUT2D eigenvalue weighted by Gasteiger charge is -2.24. The second kappa shape index (κ2) is 9.72. The zero-order valence-corrected chi connectivity index (χ0v) is 18.1. The molecule has 1 amide bonds. The molecule has 0 unspecified atom stereocenters. The van der Waals surface area contributed by atoms with Gasteiger partial charge in [0.15, 0.2) is 0 Å². The van der Waals surface area contributed by atoms with Gasteiger partial charge in [-0.1, -0.05) is 47.5 Å². The maximum atomic E-state index is 13.2. The molecule has 0 aliphatic heterocycles. The largest absolute Gasteiger partial charge is 0.271 e. The Morgan fingerprint density at radius 1 is 1.10 bits per heavy atom. The molecule has 0 aromatic heterocycles. The van der Waals surface area contributed by atoms with E-state index in [-0.39, 0.29) is 16.4 Å². The standard InChI is InChI=1S/C22H19ClFN3O3S/c1-16-5-11-21(12-6-16)31(29,30)27(20-4-2-3-18(23)13-20)15-22(28)26-25-14-17-7-9-19(24)10-8-17/h2-14H,15H2,1H3,(H,26,28)/b25-14-. The van der Waals surface area contributed by atoms with E-state index in [2.05, 4.69) is 10.5 Å². The number of hydrazone groups is 1. The van der Waals surface area contributed by atoms with Gasteiger partial charge in [0.25, 0.3) is 15.9 Å². The number of carbonyl (C=O) groups excluding carboxylic acids is 1. The number of halogens is 2. The van der Waals surface area contributed by atoms with Gasteiger partial charge in [-0.05, 0) is 55.0 Å². The second-order valence-electron chi connectivity index (χ2n) is 6.65. The summed E-state index contributed by atoms with van der Waals surface area (Å²) in [6, 6.07) is 18.0. The molecule has 0 aliphatic rings. The lowest BCUT2D eigenvalue weighted by Crippen LogP contribution is -2.39. The van der Waals surface area contributed by atoms with E-state index in [4.69, 9.17) is 11.6 Å². The number of hydrogen-bond acceptors (Lipinski definition) is 4. The number of nitrogens with one attached hydrogen (secondary N) is 1. The molecule has 0 aliphatic carbocycles. The Kier molecular flexibility index (Phi) is 7.04. The topological polar surface area (TPSA) is 78.8 Å². The number of benzene rings is 3. The van der Waals surface area contributed by atoms with Crippen LogP contribution in [0, 0.1) is 12.7 Å². The predicted molar refractivity (Wildman–Crippen MR) is 119 cm³/mol. The number of aryl methyl sites for hydroxylation is 1. The van der Waals surface area contributed by atoms with Gasteiger partial charge in [-0.2, -0.15) is 5.10 Å². The van der Waals surface area contributed by atoms with E-state index in [0.717, 1.165) is 9.87 Å². The molecule has 0 fully saturated rings. The summed E-state index contributed by atoms with van der Waals surface area (Å²) in [5.41, 5.74) is 4.01. The summed E-state index contributed by atoms with van der Waals surface area (Å²) in [5.74, 6) is -1.05. The van der Waals surface area contributed by atoms with Crippen LogP contribution in [-0.2, 0) is 14.8 Å². The van der Waals surface area contributed by atoms with E-state index in [1.165, 1.54) is 48.7 Å². The van der Waals surface area contributed by atoms with Gasteiger partial charge >= 0.3 is 0 Å². The third-order valence-electron chi connectivity index (χ3n) is 4.27. The first-order chi connectivity index (χ1) is 14.8. The molecule has 0 bridgehead atoms. The number of nitrogens with zero attached hydrogens (tertiary/aromatic N) is 2. The zero-order chi connectivity index (χ0) is 22.4. The summed E-state index contributed by atoms with van der Waals surface area (Å²) in [7, 11) is -4.04. The second-order valence-corrected chi connectivity index (χ2v) is 8.95. The Morgan fingerprint density at radius 2 is 1.77 bits per heavy atom. The van der Waals surface area contributed by atoms with Crippen LogP contribution in [-0.4, -0.2) is 27.1 Å². The van der Waals surface area contributed by atoms with Crippen molar-refractivity contribution in [1.29, 1.82) is 0 Å². The minimum absolute atomic E-state index is 0.0423. The molecule has 0 heterocycles. The van der Waals surface area contributed by atoms with Crippen LogP contribution in [0.15, 0.2) is 82.8 Å². The average molecular weight is 460 g/mol. The van der Waals surface area contributed by atoms with Crippen LogP contribution in [0.1, 0.15) is 11.1 Å². The van der Waals surface area contributed by atoms with Crippen LogP contribution in [0.5, 0.6) is 0 Å². The Balaban J connectivity index is 1.83. The van der Waals surface area contributed by atoms with Crippen molar-refractivity contribution in [2.45, 2.75) is 11.8 Å².